The maximum atomic E-state index is 5.45. The Morgan fingerprint density at radius 2 is 2.21 bits per heavy atom. The van der Waals surface area contributed by atoms with Crippen LogP contribution in [0.1, 0.15) is 56.0 Å². The maximum absolute atomic E-state index is 5.45. The molecule has 0 aliphatic carbocycles. The van der Waals surface area contributed by atoms with Crippen LogP contribution < -0.4 is 0 Å². The summed E-state index contributed by atoms with van der Waals surface area (Å²) in [5.74, 6) is 2.94. The largest absolute Gasteiger partial charge is 0.461 e. The van der Waals surface area contributed by atoms with E-state index in [1.54, 1.807) is 12.3 Å². The number of rotatable bonds is 5. The van der Waals surface area contributed by atoms with Crippen LogP contribution in [0, 0.1) is 0 Å². The van der Waals surface area contributed by atoms with Crippen molar-refractivity contribution in [2.45, 2.75) is 45.2 Å². The molecule has 0 radical (unpaired) electrons. The zero-order chi connectivity index (χ0) is 16.5. The van der Waals surface area contributed by atoms with Crippen LogP contribution in [0.5, 0.6) is 0 Å². The fraction of sp³-hybridized carbons (Fsp3) is 0.471. The lowest BCUT2D eigenvalue weighted by atomic mass is 10.1. The average Bonchev–Trinajstić information content (AvgIpc) is 3.35. The second kappa shape index (κ2) is 6.24. The van der Waals surface area contributed by atoms with E-state index in [2.05, 4.69) is 40.1 Å². The SMILES string of the molecule is CC(C)c1cc([C@H]2CCCN2Cc2nc(-c3ccco3)no2)no1. The molecule has 1 atom stereocenters. The number of furan rings is 1. The molecule has 3 aromatic heterocycles. The van der Waals surface area contributed by atoms with Crippen molar-refractivity contribution in [3.05, 3.63) is 41.8 Å². The van der Waals surface area contributed by atoms with Crippen LogP contribution in [-0.4, -0.2) is 26.7 Å². The molecule has 4 rings (SSSR count). The van der Waals surface area contributed by atoms with Gasteiger partial charge in [0.1, 0.15) is 11.5 Å². The Morgan fingerprint density at radius 3 is 2.96 bits per heavy atom. The first-order chi connectivity index (χ1) is 11.7. The highest BCUT2D eigenvalue weighted by atomic mass is 16.5. The predicted octanol–water partition coefficient (Wildman–Crippen LogP) is 3.78. The summed E-state index contributed by atoms with van der Waals surface area (Å²) in [4.78, 5) is 6.73. The second-order valence-corrected chi connectivity index (χ2v) is 6.43. The lowest BCUT2D eigenvalue weighted by Crippen LogP contribution is -2.23. The molecule has 24 heavy (non-hydrogen) atoms. The molecule has 1 aliphatic heterocycles. The summed E-state index contributed by atoms with van der Waals surface area (Å²) in [6.45, 7) is 5.78. The Hall–Kier alpha value is -2.41. The molecule has 1 saturated heterocycles. The minimum atomic E-state index is 0.236. The van der Waals surface area contributed by atoms with Crippen molar-refractivity contribution in [1.82, 2.24) is 20.2 Å². The molecule has 0 N–H and O–H groups in total. The van der Waals surface area contributed by atoms with Gasteiger partial charge in [-0.1, -0.05) is 24.2 Å². The van der Waals surface area contributed by atoms with E-state index in [4.69, 9.17) is 13.5 Å². The summed E-state index contributed by atoms with van der Waals surface area (Å²) in [5, 5.41) is 8.24. The third-order valence-electron chi connectivity index (χ3n) is 4.37. The van der Waals surface area contributed by atoms with Crippen LogP contribution in [0.2, 0.25) is 0 Å². The van der Waals surface area contributed by atoms with Crippen molar-refractivity contribution in [3.63, 3.8) is 0 Å². The highest BCUT2D eigenvalue weighted by Crippen LogP contribution is 2.33. The smallest absolute Gasteiger partial charge is 0.241 e. The molecule has 0 aromatic carbocycles. The van der Waals surface area contributed by atoms with Crippen molar-refractivity contribution in [3.8, 4) is 11.6 Å². The minimum Gasteiger partial charge on any atom is -0.461 e. The average molecular weight is 328 g/mol. The van der Waals surface area contributed by atoms with Gasteiger partial charge in [-0.25, -0.2) is 0 Å². The minimum absolute atomic E-state index is 0.236. The highest BCUT2D eigenvalue weighted by molar-refractivity contribution is 5.44. The Balaban J connectivity index is 1.49. The van der Waals surface area contributed by atoms with Gasteiger partial charge in [0.05, 0.1) is 18.8 Å². The molecule has 3 aromatic rings. The molecule has 1 fully saturated rings. The van der Waals surface area contributed by atoms with Crippen molar-refractivity contribution >= 4 is 0 Å². The summed E-state index contributed by atoms with van der Waals surface area (Å²) >= 11 is 0. The van der Waals surface area contributed by atoms with Crippen LogP contribution in [-0.2, 0) is 6.54 Å². The third kappa shape index (κ3) is 2.87. The van der Waals surface area contributed by atoms with E-state index in [0.29, 0.717) is 29.9 Å². The van der Waals surface area contributed by atoms with Gasteiger partial charge in [-0.2, -0.15) is 4.98 Å². The van der Waals surface area contributed by atoms with Crippen LogP contribution in [0.4, 0.5) is 0 Å². The molecular formula is C17H20N4O3. The normalized spacial score (nSPS) is 18.7. The van der Waals surface area contributed by atoms with E-state index in [-0.39, 0.29) is 6.04 Å². The maximum Gasteiger partial charge on any atom is 0.241 e. The predicted molar refractivity (Wildman–Crippen MR) is 85.0 cm³/mol. The van der Waals surface area contributed by atoms with Crippen LogP contribution in [0.25, 0.3) is 11.6 Å². The van der Waals surface area contributed by atoms with Gasteiger partial charge < -0.3 is 13.5 Å². The molecule has 126 valence electrons. The number of nitrogens with zero attached hydrogens (tertiary/aromatic N) is 4. The van der Waals surface area contributed by atoms with E-state index in [0.717, 1.165) is 30.8 Å². The summed E-state index contributed by atoms with van der Waals surface area (Å²) in [6.07, 6.45) is 3.77. The lowest BCUT2D eigenvalue weighted by molar-refractivity contribution is 0.204. The summed E-state index contributed by atoms with van der Waals surface area (Å²) in [5.41, 5.74) is 0.988. The fourth-order valence-corrected chi connectivity index (χ4v) is 3.08. The molecule has 7 nitrogen and oxygen atoms in total. The van der Waals surface area contributed by atoms with Crippen molar-refractivity contribution in [2.24, 2.45) is 0 Å². The van der Waals surface area contributed by atoms with Crippen LogP contribution in [0.15, 0.2) is 37.9 Å². The van der Waals surface area contributed by atoms with Gasteiger partial charge in [0, 0.05) is 12.0 Å². The van der Waals surface area contributed by atoms with Gasteiger partial charge >= 0.3 is 0 Å². The van der Waals surface area contributed by atoms with Gasteiger partial charge in [-0.3, -0.25) is 4.90 Å². The van der Waals surface area contributed by atoms with Gasteiger partial charge in [0.15, 0.2) is 5.76 Å². The van der Waals surface area contributed by atoms with E-state index >= 15 is 0 Å². The molecule has 7 heteroatoms. The standard InChI is InChI=1S/C17H20N4O3/c1-11(2)15-9-12(19-23-15)13-5-3-7-21(13)10-16-18-17(20-24-16)14-6-4-8-22-14/h4,6,8-9,11,13H,3,5,7,10H2,1-2H3/t13-/m1/s1. The highest BCUT2D eigenvalue weighted by Gasteiger charge is 2.30. The lowest BCUT2D eigenvalue weighted by Gasteiger charge is -2.20. The monoisotopic (exact) mass is 328 g/mol. The van der Waals surface area contributed by atoms with E-state index in [9.17, 15) is 0 Å². The van der Waals surface area contributed by atoms with Gasteiger partial charge in [-0.05, 0) is 31.5 Å². The molecule has 0 bridgehead atoms. The number of hydrogen-bond acceptors (Lipinski definition) is 7. The molecular weight excluding hydrogens is 308 g/mol. The Kier molecular flexibility index (Phi) is 3.93. The van der Waals surface area contributed by atoms with Gasteiger partial charge in [0.25, 0.3) is 0 Å². The van der Waals surface area contributed by atoms with Crippen molar-refractivity contribution in [2.75, 3.05) is 6.54 Å². The summed E-state index contributed by atoms with van der Waals surface area (Å²) in [6, 6.07) is 5.92. The number of likely N-dealkylation sites (tertiary alicyclic amines) is 1. The summed E-state index contributed by atoms with van der Waals surface area (Å²) < 4.78 is 16.1. The Labute approximate surface area is 139 Å². The second-order valence-electron chi connectivity index (χ2n) is 6.43. The fourth-order valence-electron chi connectivity index (χ4n) is 3.08. The quantitative estimate of drug-likeness (QED) is 0.705. The first-order valence-electron chi connectivity index (χ1n) is 8.27. The van der Waals surface area contributed by atoms with E-state index in [1.165, 1.54) is 0 Å². The third-order valence-corrected chi connectivity index (χ3v) is 4.37. The zero-order valence-electron chi connectivity index (χ0n) is 13.8. The Morgan fingerprint density at radius 1 is 1.29 bits per heavy atom. The summed E-state index contributed by atoms with van der Waals surface area (Å²) in [7, 11) is 0. The van der Waals surface area contributed by atoms with E-state index < -0.39 is 0 Å². The van der Waals surface area contributed by atoms with E-state index in [1.807, 2.05) is 6.07 Å². The zero-order valence-corrected chi connectivity index (χ0v) is 13.8. The molecule has 1 aliphatic rings. The van der Waals surface area contributed by atoms with Crippen molar-refractivity contribution < 1.29 is 13.5 Å². The van der Waals surface area contributed by atoms with Crippen LogP contribution in [0.3, 0.4) is 0 Å². The topological polar surface area (TPSA) is 81.3 Å². The van der Waals surface area contributed by atoms with Crippen LogP contribution >= 0.6 is 0 Å². The first-order valence-corrected chi connectivity index (χ1v) is 8.27. The molecule has 0 amide bonds. The molecule has 0 saturated carbocycles. The Bertz CT molecular complexity index is 790. The van der Waals surface area contributed by atoms with Crippen molar-refractivity contribution in [1.29, 1.82) is 0 Å². The molecule has 0 spiro atoms. The number of hydrogen-bond donors (Lipinski definition) is 0. The van der Waals surface area contributed by atoms with Gasteiger partial charge in [0.2, 0.25) is 11.7 Å². The molecule has 4 heterocycles. The van der Waals surface area contributed by atoms with Gasteiger partial charge in [-0.15, -0.1) is 0 Å². The first kappa shape index (κ1) is 15.1. The number of aromatic nitrogens is 3. The molecule has 0 unspecified atom stereocenters.